The lowest BCUT2D eigenvalue weighted by Crippen LogP contribution is -2.05. The molecule has 74 valence electrons. The van der Waals surface area contributed by atoms with E-state index in [1.54, 1.807) is 19.1 Å². The maximum absolute atomic E-state index is 11.5. The van der Waals surface area contributed by atoms with Gasteiger partial charge in [0.25, 0.3) is 0 Å². The van der Waals surface area contributed by atoms with E-state index in [1.165, 1.54) is 0 Å². The minimum Gasteiger partial charge on any atom is -0.298 e. The molecule has 0 amide bonds. The van der Waals surface area contributed by atoms with Crippen molar-refractivity contribution in [3.63, 3.8) is 0 Å². The normalized spacial score (nSPS) is 9.93. The third-order valence-corrected chi connectivity index (χ3v) is 3.09. The first kappa shape index (κ1) is 11.8. The summed E-state index contributed by atoms with van der Waals surface area (Å²) in [4.78, 5) is 22.2. The Bertz CT molecular complexity index is 388. The molecule has 14 heavy (non-hydrogen) atoms. The lowest BCUT2D eigenvalue weighted by molar-refractivity contribution is 0.102. The number of hydrogen-bond donors (Lipinski definition) is 0. The molecule has 4 heteroatoms. The molecular weight excluding hydrogens is 359 g/mol. The molecule has 0 radical (unpaired) electrons. The fourth-order valence-electron chi connectivity index (χ4n) is 1.18. The molecule has 0 heterocycles. The Morgan fingerprint density at radius 3 is 2.71 bits per heavy atom. The van der Waals surface area contributed by atoms with Crippen LogP contribution in [0.2, 0.25) is 0 Å². The molecule has 2 nitrogen and oxygen atoms in total. The van der Waals surface area contributed by atoms with Crippen LogP contribution in [0.25, 0.3) is 0 Å². The van der Waals surface area contributed by atoms with Crippen LogP contribution in [0.1, 0.15) is 26.3 Å². The Kier molecular flexibility index (Phi) is 4.25. The van der Waals surface area contributed by atoms with Gasteiger partial charge in [0.05, 0.1) is 5.33 Å². The summed E-state index contributed by atoms with van der Waals surface area (Å²) in [5, 5.41) is 0.284. The zero-order valence-electron chi connectivity index (χ0n) is 7.51. The second-order valence-electron chi connectivity index (χ2n) is 2.84. The van der Waals surface area contributed by atoms with E-state index in [0.717, 1.165) is 15.4 Å². The van der Waals surface area contributed by atoms with Gasteiger partial charge in [-0.1, -0.05) is 15.9 Å². The summed E-state index contributed by atoms with van der Waals surface area (Å²) in [6, 6.07) is 3.57. The van der Waals surface area contributed by atoms with Crippen LogP contribution in [0, 0.1) is 10.5 Å². The third kappa shape index (κ3) is 2.42. The number of ketones is 1. The van der Waals surface area contributed by atoms with Gasteiger partial charge >= 0.3 is 0 Å². The predicted octanol–water partition coefficient (Wildman–Crippen LogP) is 2.99. The van der Waals surface area contributed by atoms with Crippen LogP contribution in [-0.4, -0.2) is 17.4 Å². The van der Waals surface area contributed by atoms with Crippen LogP contribution in [0.4, 0.5) is 0 Å². The summed E-state index contributed by atoms with van der Waals surface area (Å²) >= 11 is 5.21. The molecule has 0 aliphatic heterocycles. The third-order valence-electron chi connectivity index (χ3n) is 1.96. The van der Waals surface area contributed by atoms with E-state index in [1.807, 2.05) is 0 Å². The predicted molar refractivity (Wildman–Crippen MR) is 67.4 cm³/mol. The zero-order valence-corrected chi connectivity index (χ0v) is 11.3. The first-order valence-corrected chi connectivity index (χ1v) is 6.14. The molecule has 1 aromatic carbocycles. The van der Waals surface area contributed by atoms with Crippen molar-refractivity contribution in [2.24, 2.45) is 0 Å². The molecule has 0 atom stereocenters. The maximum Gasteiger partial charge on any atom is 0.173 e. The van der Waals surface area contributed by atoms with Gasteiger partial charge in [0.1, 0.15) is 6.29 Å². The van der Waals surface area contributed by atoms with E-state index in [2.05, 4.69) is 38.5 Å². The van der Waals surface area contributed by atoms with Crippen molar-refractivity contribution >= 4 is 50.6 Å². The number of benzene rings is 1. The van der Waals surface area contributed by atoms with Crippen LogP contribution in [0.3, 0.4) is 0 Å². The van der Waals surface area contributed by atoms with Crippen LogP contribution in [0.5, 0.6) is 0 Å². The highest BCUT2D eigenvalue weighted by Crippen LogP contribution is 2.18. The van der Waals surface area contributed by atoms with Gasteiger partial charge in [-0.05, 0) is 47.2 Å². The lowest BCUT2D eigenvalue weighted by Gasteiger charge is -2.06. The number of halogens is 2. The second-order valence-corrected chi connectivity index (χ2v) is 4.65. The highest BCUT2D eigenvalue weighted by molar-refractivity contribution is 14.1. The highest BCUT2D eigenvalue weighted by Gasteiger charge is 2.11. The van der Waals surface area contributed by atoms with E-state index in [4.69, 9.17) is 0 Å². The quantitative estimate of drug-likeness (QED) is 0.356. The van der Waals surface area contributed by atoms with E-state index in [9.17, 15) is 9.59 Å². The molecule has 1 rings (SSSR count). The molecule has 0 aromatic heterocycles. The van der Waals surface area contributed by atoms with Gasteiger partial charge in [-0.2, -0.15) is 0 Å². The largest absolute Gasteiger partial charge is 0.298 e. The van der Waals surface area contributed by atoms with Crippen molar-refractivity contribution in [3.05, 3.63) is 32.4 Å². The molecule has 0 spiro atoms. The van der Waals surface area contributed by atoms with Gasteiger partial charge in [-0.3, -0.25) is 9.59 Å². The van der Waals surface area contributed by atoms with E-state index in [-0.39, 0.29) is 11.1 Å². The zero-order chi connectivity index (χ0) is 10.7. The number of carbonyl (C=O) groups excluding carboxylic acids is 2. The van der Waals surface area contributed by atoms with Crippen molar-refractivity contribution in [2.45, 2.75) is 6.92 Å². The standard InChI is InChI=1S/C10H8BrIO2/c1-6-7(5-13)2-8(12)3-9(6)10(14)4-11/h2-3,5H,4H2,1H3. The minimum atomic E-state index is 0.00381. The molecule has 0 fully saturated rings. The van der Waals surface area contributed by atoms with Crippen LogP contribution < -0.4 is 0 Å². The molecule has 0 N–H and O–H groups in total. The number of carbonyl (C=O) groups is 2. The number of rotatable bonds is 3. The smallest absolute Gasteiger partial charge is 0.173 e. The highest BCUT2D eigenvalue weighted by atomic mass is 127. The minimum absolute atomic E-state index is 0.00381. The average Bonchev–Trinajstić information content (AvgIpc) is 2.19. The van der Waals surface area contributed by atoms with Crippen molar-refractivity contribution in [2.75, 3.05) is 5.33 Å². The van der Waals surface area contributed by atoms with Crippen LogP contribution in [0.15, 0.2) is 12.1 Å². The van der Waals surface area contributed by atoms with Gasteiger partial charge in [0, 0.05) is 14.7 Å². The van der Waals surface area contributed by atoms with Crippen LogP contribution in [-0.2, 0) is 0 Å². The van der Waals surface area contributed by atoms with Crippen molar-refractivity contribution in [1.29, 1.82) is 0 Å². The SMILES string of the molecule is Cc1c(C=O)cc(I)cc1C(=O)CBr. The fourth-order valence-corrected chi connectivity index (χ4v) is 2.13. The summed E-state index contributed by atoms with van der Waals surface area (Å²) < 4.78 is 0.902. The lowest BCUT2D eigenvalue weighted by atomic mass is 10.0. The summed E-state index contributed by atoms with van der Waals surface area (Å²) in [7, 11) is 0. The van der Waals surface area contributed by atoms with Gasteiger partial charge in [0.15, 0.2) is 5.78 Å². The second kappa shape index (κ2) is 5.02. The molecule has 0 saturated heterocycles. The van der Waals surface area contributed by atoms with Gasteiger partial charge < -0.3 is 0 Å². The van der Waals surface area contributed by atoms with E-state index < -0.39 is 0 Å². The first-order chi connectivity index (χ1) is 6.60. The Hall–Kier alpha value is -0.230. The van der Waals surface area contributed by atoms with E-state index in [0.29, 0.717) is 11.1 Å². The Balaban J connectivity index is 3.36. The molecule has 0 saturated carbocycles. The van der Waals surface area contributed by atoms with Gasteiger partial charge in [-0.25, -0.2) is 0 Å². The maximum atomic E-state index is 11.5. The van der Waals surface area contributed by atoms with Gasteiger partial charge in [0.2, 0.25) is 0 Å². The monoisotopic (exact) mass is 366 g/mol. The van der Waals surface area contributed by atoms with E-state index >= 15 is 0 Å². The molecule has 0 unspecified atom stereocenters. The van der Waals surface area contributed by atoms with Crippen LogP contribution >= 0.6 is 38.5 Å². The molecule has 0 bridgehead atoms. The summed E-state index contributed by atoms with van der Waals surface area (Å²) in [6.45, 7) is 1.79. The Labute approximate surface area is 104 Å². The first-order valence-electron chi connectivity index (χ1n) is 3.94. The van der Waals surface area contributed by atoms with Gasteiger partial charge in [-0.15, -0.1) is 0 Å². The Morgan fingerprint density at radius 1 is 1.57 bits per heavy atom. The Morgan fingerprint density at radius 2 is 2.21 bits per heavy atom. The number of Topliss-reactive ketones (excluding diaryl/α,β-unsaturated/α-hetero) is 1. The summed E-state index contributed by atoms with van der Waals surface area (Å²) in [5.41, 5.74) is 1.96. The van der Waals surface area contributed by atoms with Crippen molar-refractivity contribution in [3.8, 4) is 0 Å². The summed E-state index contributed by atoms with van der Waals surface area (Å²) in [5.74, 6) is 0.00381. The molecule has 1 aromatic rings. The topological polar surface area (TPSA) is 34.1 Å². The number of hydrogen-bond acceptors (Lipinski definition) is 2. The number of alkyl halides is 1. The summed E-state index contributed by atoms with van der Waals surface area (Å²) in [6.07, 6.45) is 0.780. The molecule has 0 aliphatic carbocycles. The molecule has 0 aliphatic rings. The van der Waals surface area contributed by atoms with Crippen molar-refractivity contribution in [1.82, 2.24) is 0 Å². The molecular formula is C10H8BrIO2. The fraction of sp³-hybridized carbons (Fsp3) is 0.200. The number of aldehydes is 1. The average molecular weight is 367 g/mol. The van der Waals surface area contributed by atoms with Crippen molar-refractivity contribution < 1.29 is 9.59 Å².